The van der Waals surface area contributed by atoms with E-state index in [1.54, 1.807) is 31.3 Å². The molecule has 2 aromatic carbocycles. The van der Waals surface area contributed by atoms with Crippen molar-refractivity contribution < 1.29 is 23.8 Å². The lowest BCUT2D eigenvalue weighted by molar-refractivity contribution is -0.229. The largest absolute Gasteiger partial charge is 0.395 e. The van der Waals surface area contributed by atoms with E-state index in [0.717, 1.165) is 0 Å². The Morgan fingerprint density at radius 2 is 1.84 bits per heavy atom. The van der Waals surface area contributed by atoms with Crippen LogP contribution in [0.25, 0.3) is 22.6 Å². The summed E-state index contributed by atoms with van der Waals surface area (Å²) in [5.74, 6) is 0.144. The molecule has 5 rings (SSSR count). The van der Waals surface area contributed by atoms with Gasteiger partial charge in [0.05, 0.1) is 42.3 Å². The van der Waals surface area contributed by atoms with Crippen molar-refractivity contribution in [3.63, 3.8) is 0 Å². The predicted octanol–water partition coefficient (Wildman–Crippen LogP) is 3.77. The lowest BCUT2D eigenvalue weighted by Gasteiger charge is -2.35. The molecule has 0 atom stereocenters. The third-order valence-electron chi connectivity index (χ3n) is 6.06. The molecule has 4 aromatic rings. The predicted molar refractivity (Wildman–Crippen MR) is 138 cm³/mol. The molecule has 1 aliphatic rings. The summed E-state index contributed by atoms with van der Waals surface area (Å²) in [6.07, 6.45) is 0.732. The van der Waals surface area contributed by atoms with Gasteiger partial charge in [-0.2, -0.15) is 0 Å². The maximum absolute atomic E-state index is 13.6. The van der Waals surface area contributed by atoms with Crippen molar-refractivity contribution in [2.24, 2.45) is 5.41 Å². The second-order valence-corrected chi connectivity index (χ2v) is 9.10. The summed E-state index contributed by atoms with van der Waals surface area (Å²) in [6, 6.07) is 16.9. The number of carbonyl (C=O) groups is 1. The van der Waals surface area contributed by atoms with Gasteiger partial charge in [0.25, 0.3) is 0 Å². The van der Waals surface area contributed by atoms with Crippen LogP contribution in [0.5, 0.6) is 0 Å². The number of para-hydroxylation sites is 1. The molecule has 196 valence electrons. The van der Waals surface area contributed by atoms with Gasteiger partial charge in [0.2, 0.25) is 18.1 Å². The summed E-state index contributed by atoms with van der Waals surface area (Å²) in [7, 11) is 0. The number of hydrogen-bond acceptors (Lipinski definition) is 8. The van der Waals surface area contributed by atoms with E-state index >= 15 is 0 Å². The van der Waals surface area contributed by atoms with Gasteiger partial charge in [-0.15, -0.1) is 0 Å². The van der Waals surface area contributed by atoms with Crippen LogP contribution in [0.2, 0.25) is 0 Å². The van der Waals surface area contributed by atoms with Crippen molar-refractivity contribution in [2.45, 2.75) is 13.2 Å². The van der Waals surface area contributed by atoms with Crippen LogP contribution >= 0.6 is 0 Å². The molecule has 11 heteroatoms. The second-order valence-electron chi connectivity index (χ2n) is 9.10. The highest BCUT2D eigenvalue weighted by molar-refractivity contribution is 5.95. The number of nitrogens with zero attached hydrogens (tertiary/aromatic N) is 3. The molecule has 0 unspecified atom stereocenters. The molecule has 2 aromatic heterocycles. The zero-order chi connectivity index (χ0) is 26.5. The molecule has 0 saturated carbocycles. The first kappa shape index (κ1) is 25.5. The van der Waals surface area contributed by atoms with Gasteiger partial charge in [-0.3, -0.25) is 4.79 Å². The minimum absolute atomic E-state index is 0.0682. The molecule has 0 spiro atoms. The number of aromatic nitrogens is 4. The topological polar surface area (TPSA) is 134 Å². The minimum Gasteiger partial charge on any atom is -0.395 e. The molecule has 1 fully saturated rings. The van der Waals surface area contributed by atoms with E-state index < -0.39 is 11.7 Å². The summed E-state index contributed by atoms with van der Waals surface area (Å²) in [4.78, 5) is 29.6. The fourth-order valence-electron chi connectivity index (χ4n) is 3.96. The number of rotatable bonds is 8. The first-order chi connectivity index (χ1) is 18.4. The van der Waals surface area contributed by atoms with Crippen molar-refractivity contribution >= 4 is 17.5 Å². The van der Waals surface area contributed by atoms with E-state index in [9.17, 15) is 9.18 Å². The van der Waals surface area contributed by atoms with Crippen molar-refractivity contribution in [2.75, 3.05) is 37.0 Å². The van der Waals surface area contributed by atoms with Crippen LogP contribution < -0.4 is 10.6 Å². The van der Waals surface area contributed by atoms with Crippen LogP contribution in [0, 0.1) is 11.2 Å². The number of aliphatic hydroxyl groups excluding tert-OH is 1. The highest BCUT2D eigenvalue weighted by Gasteiger charge is 2.41. The molecule has 10 nitrogen and oxygen atoms in total. The molecule has 3 heterocycles. The molecule has 1 saturated heterocycles. The van der Waals surface area contributed by atoms with Gasteiger partial charge in [0.15, 0.2) is 5.82 Å². The van der Waals surface area contributed by atoms with Gasteiger partial charge >= 0.3 is 0 Å². The van der Waals surface area contributed by atoms with Crippen molar-refractivity contribution in [1.82, 2.24) is 19.9 Å². The maximum Gasteiger partial charge on any atom is 0.234 e. The Kier molecular flexibility index (Phi) is 7.40. The molecule has 38 heavy (non-hydrogen) atoms. The number of amides is 1. The third-order valence-corrected chi connectivity index (χ3v) is 6.06. The average molecular weight is 519 g/mol. The normalized spacial score (nSPS) is 19.2. The fourth-order valence-corrected chi connectivity index (χ4v) is 3.96. The Morgan fingerprint density at radius 1 is 1.11 bits per heavy atom. The summed E-state index contributed by atoms with van der Waals surface area (Å²) in [5, 5.41) is 14.9. The lowest BCUT2D eigenvalue weighted by atomic mass is 9.91. The Morgan fingerprint density at radius 3 is 2.55 bits per heavy atom. The quantitative estimate of drug-likeness (QED) is 0.277. The molecule has 4 N–H and O–H groups in total. The van der Waals surface area contributed by atoms with E-state index in [4.69, 9.17) is 19.6 Å². The van der Waals surface area contributed by atoms with Crippen molar-refractivity contribution in [1.29, 1.82) is 0 Å². The van der Waals surface area contributed by atoms with Crippen LogP contribution in [0.15, 0.2) is 66.9 Å². The van der Waals surface area contributed by atoms with E-state index in [0.29, 0.717) is 46.7 Å². The summed E-state index contributed by atoms with van der Waals surface area (Å²) >= 11 is 0. The summed E-state index contributed by atoms with van der Waals surface area (Å²) in [5.41, 5.74) is 2.06. The lowest BCUT2D eigenvalue weighted by Crippen LogP contribution is -2.45. The van der Waals surface area contributed by atoms with Gasteiger partial charge < -0.3 is 30.2 Å². The fraction of sp³-hybridized carbons (Fsp3) is 0.259. The number of anilines is 2. The first-order valence-electron chi connectivity index (χ1n) is 12.1. The molecule has 1 amide bonds. The number of nitrogens with one attached hydrogen (secondary N) is 3. The molecule has 0 bridgehead atoms. The summed E-state index contributed by atoms with van der Waals surface area (Å²) in [6.45, 7) is 2.23. The number of H-pyrrole nitrogens is 1. The number of aromatic amines is 1. The molecule has 1 aliphatic heterocycles. The van der Waals surface area contributed by atoms with Gasteiger partial charge in [0, 0.05) is 24.0 Å². The average Bonchev–Trinajstić information content (AvgIpc) is 3.39. The Bertz CT molecular complexity index is 1390. The Balaban J connectivity index is 1.39. The van der Waals surface area contributed by atoms with Crippen LogP contribution in [0.1, 0.15) is 19.0 Å². The maximum atomic E-state index is 13.6. The Hall–Kier alpha value is -4.19. The van der Waals surface area contributed by atoms with E-state index in [1.165, 1.54) is 12.1 Å². The number of carbonyl (C=O) groups excluding carboxylic acids is 1. The number of aliphatic hydroxyl groups is 1. The Labute approximate surface area is 218 Å². The van der Waals surface area contributed by atoms with Gasteiger partial charge in [-0.25, -0.2) is 19.3 Å². The van der Waals surface area contributed by atoms with Gasteiger partial charge in [-0.05, 0) is 49.4 Å². The number of hydrogen-bond donors (Lipinski definition) is 4. The second kappa shape index (κ2) is 11.1. The van der Waals surface area contributed by atoms with Crippen molar-refractivity contribution in [3.8, 4) is 22.6 Å². The number of benzene rings is 2. The number of halogens is 1. The zero-order valence-electron chi connectivity index (χ0n) is 20.6. The van der Waals surface area contributed by atoms with E-state index in [2.05, 4.69) is 25.6 Å². The highest BCUT2D eigenvalue weighted by Crippen LogP contribution is 2.36. The van der Waals surface area contributed by atoms with Crippen LogP contribution in [0.4, 0.5) is 16.0 Å². The SMILES string of the molecule is CC1(C(=O)Nc2ccccc2)COC(c2nc(-c3ccc(F)cc3)c(-c3ccnc(NCCO)n3)[nH]2)OC1. The highest BCUT2D eigenvalue weighted by atomic mass is 19.1. The minimum atomic E-state index is -0.901. The number of ether oxygens (including phenoxy) is 2. The van der Waals surface area contributed by atoms with Gasteiger partial charge in [0.1, 0.15) is 5.82 Å². The van der Waals surface area contributed by atoms with Crippen molar-refractivity contribution in [3.05, 3.63) is 78.5 Å². The number of imidazole rings is 1. The third kappa shape index (κ3) is 5.54. The molecule has 0 aliphatic carbocycles. The zero-order valence-corrected chi connectivity index (χ0v) is 20.6. The molecular weight excluding hydrogens is 491 g/mol. The monoisotopic (exact) mass is 518 g/mol. The smallest absolute Gasteiger partial charge is 0.234 e. The summed E-state index contributed by atoms with van der Waals surface area (Å²) < 4.78 is 25.5. The van der Waals surface area contributed by atoms with E-state index in [-0.39, 0.29) is 31.5 Å². The van der Waals surface area contributed by atoms with Crippen LogP contribution in [-0.4, -0.2) is 57.3 Å². The standard InChI is InChI=1S/C27H27FN6O4/c1-27(25(36)31-19-5-3-2-4-6-19)15-37-24(38-16-27)23-33-21(17-7-9-18(28)10-8-17)22(34-23)20-11-12-29-26(32-20)30-13-14-35/h2-12,24,35H,13-16H2,1H3,(H,31,36)(H,33,34)(H,29,30,32). The van der Waals surface area contributed by atoms with E-state index in [1.807, 2.05) is 30.3 Å². The van der Waals surface area contributed by atoms with Gasteiger partial charge in [-0.1, -0.05) is 18.2 Å². The molecular formula is C27H27FN6O4. The van der Waals surface area contributed by atoms with Crippen LogP contribution in [0.3, 0.4) is 0 Å². The van der Waals surface area contributed by atoms with Crippen LogP contribution in [-0.2, 0) is 14.3 Å². The first-order valence-corrected chi connectivity index (χ1v) is 12.1. The molecule has 0 radical (unpaired) electrons.